The molecule has 0 spiro atoms. The van der Waals surface area contributed by atoms with E-state index in [9.17, 15) is 0 Å². The normalized spacial score (nSPS) is 11.7. The van der Waals surface area contributed by atoms with Gasteiger partial charge < -0.3 is 0 Å². The molecule has 10 aromatic carbocycles. The highest BCUT2D eigenvalue weighted by Gasteiger charge is 2.18. The number of fused-ring (bicyclic) bond motifs is 2. The molecule has 0 bridgehead atoms. The molecule has 0 fully saturated rings. The largest absolute Gasteiger partial charge is 0.228 e. The molecule has 1 aromatic heterocycles. The van der Waals surface area contributed by atoms with E-state index in [1.165, 1.54) is 54.2 Å². The van der Waals surface area contributed by atoms with Crippen LogP contribution < -0.4 is 0 Å². The molecular formula is C52H32N2. The van der Waals surface area contributed by atoms with Crippen molar-refractivity contribution in [2.24, 2.45) is 0 Å². The van der Waals surface area contributed by atoms with Crippen LogP contribution in [0.1, 0.15) is 0 Å². The molecule has 0 radical (unpaired) electrons. The molecule has 0 amide bonds. The van der Waals surface area contributed by atoms with Crippen LogP contribution in [0.15, 0.2) is 194 Å². The Bertz CT molecular complexity index is 3180. The molecule has 0 N–H and O–H groups in total. The van der Waals surface area contributed by atoms with Crippen LogP contribution in [0.25, 0.3) is 110 Å². The van der Waals surface area contributed by atoms with E-state index in [1.54, 1.807) is 0 Å². The predicted molar refractivity (Wildman–Crippen MR) is 228 cm³/mol. The van der Waals surface area contributed by atoms with Crippen molar-refractivity contribution in [3.63, 3.8) is 0 Å². The van der Waals surface area contributed by atoms with Gasteiger partial charge >= 0.3 is 0 Å². The SMILES string of the molecule is c1ccc(-c2ccc3c(-c4ccccc4)nc(-c4cc(-c5cccc6ccccc56)cc(-c5ccc6ccc7cccc8ccc5c6c78)c4)nc3c2)cc1. The third-order valence-corrected chi connectivity index (χ3v) is 11.0. The number of aromatic nitrogens is 2. The monoisotopic (exact) mass is 684 g/mol. The van der Waals surface area contributed by atoms with Crippen LogP contribution in [0.4, 0.5) is 0 Å². The minimum atomic E-state index is 0.701. The Hall–Kier alpha value is -7.16. The summed E-state index contributed by atoms with van der Waals surface area (Å²) in [5.74, 6) is 0.701. The standard InChI is InChI=1S/C52H32N2/c1-3-11-33(12-4-1)39-25-28-47-48(32-39)53-52(54-51(47)38-14-5-2-6-15-38)42-30-40(44-20-10-16-34-13-7-8-19-43(34)44)29-41(31-42)45-26-23-37-22-21-35-17-9-18-36-24-27-46(45)50(37)49(35)36/h1-32H. The number of nitrogens with zero attached hydrogens (tertiary/aromatic N) is 2. The summed E-state index contributed by atoms with van der Waals surface area (Å²) in [6, 6.07) is 69.9. The summed E-state index contributed by atoms with van der Waals surface area (Å²) in [6.07, 6.45) is 0. The van der Waals surface area contributed by atoms with Crippen molar-refractivity contribution in [2.45, 2.75) is 0 Å². The molecule has 250 valence electrons. The lowest BCUT2D eigenvalue weighted by Gasteiger charge is -2.17. The number of hydrogen-bond acceptors (Lipinski definition) is 2. The molecule has 0 atom stereocenters. The lowest BCUT2D eigenvalue weighted by atomic mass is 9.88. The van der Waals surface area contributed by atoms with Gasteiger partial charge in [-0.05, 0) is 107 Å². The number of rotatable bonds is 5. The molecule has 11 rings (SSSR count). The summed E-state index contributed by atoms with van der Waals surface area (Å²) in [6.45, 7) is 0. The highest BCUT2D eigenvalue weighted by atomic mass is 14.9. The zero-order valence-electron chi connectivity index (χ0n) is 29.4. The van der Waals surface area contributed by atoms with Gasteiger partial charge in [0, 0.05) is 16.5 Å². The van der Waals surface area contributed by atoms with Gasteiger partial charge in [-0.2, -0.15) is 0 Å². The van der Waals surface area contributed by atoms with Crippen molar-refractivity contribution < 1.29 is 0 Å². The third-order valence-electron chi connectivity index (χ3n) is 11.0. The van der Waals surface area contributed by atoms with E-state index < -0.39 is 0 Å². The van der Waals surface area contributed by atoms with Crippen LogP contribution >= 0.6 is 0 Å². The second-order valence-corrected chi connectivity index (χ2v) is 14.2. The van der Waals surface area contributed by atoms with Gasteiger partial charge in [0.25, 0.3) is 0 Å². The third kappa shape index (κ3) is 4.96. The molecule has 0 aliphatic heterocycles. The van der Waals surface area contributed by atoms with E-state index in [4.69, 9.17) is 9.97 Å². The van der Waals surface area contributed by atoms with Crippen molar-refractivity contribution in [3.8, 4) is 56.0 Å². The lowest BCUT2D eigenvalue weighted by Crippen LogP contribution is -1.97. The fourth-order valence-corrected chi connectivity index (χ4v) is 8.42. The van der Waals surface area contributed by atoms with Gasteiger partial charge in [0.15, 0.2) is 5.82 Å². The van der Waals surface area contributed by atoms with Gasteiger partial charge in [-0.1, -0.05) is 164 Å². The van der Waals surface area contributed by atoms with Crippen molar-refractivity contribution in [2.75, 3.05) is 0 Å². The number of benzene rings is 10. The minimum Gasteiger partial charge on any atom is -0.228 e. The van der Waals surface area contributed by atoms with Crippen LogP contribution in [0.3, 0.4) is 0 Å². The van der Waals surface area contributed by atoms with Crippen LogP contribution in [-0.2, 0) is 0 Å². The summed E-state index contributed by atoms with van der Waals surface area (Å²) < 4.78 is 0. The van der Waals surface area contributed by atoms with E-state index in [2.05, 4.69) is 194 Å². The zero-order chi connectivity index (χ0) is 35.6. The summed E-state index contributed by atoms with van der Waals surface area (Å²) >= 11 is 0. The smallest absolute Gasteiger partial charge is 0.160 e. The number of hydrogen-bond donors (Lipinski definition) is 0. The molecule has 0 unspecified atom stereocenters. The molecule has 2 heteroatoms. The Morgan fingerprint density at radius 3 is 1.65 bits per heavy atom. The van der Waals surface area contributed by atoms with E-state index in [0.717, 1.165) is 50.0 Å². The van der Waals surface area contributed by atoms with E-state index >= 15 is 0 Å². The molecule has 0 aliphatic carbocycles. The van der Waals surface area contributed by atoms with Gasteiger partial charge in [0.05, 0.1) is 11.2 Å². The Morgan fingerprint density at radius 1 is 0.278 bits per heavy atom. The van der Waals surface area contributed by atoms with Crippen LogP contribution in [-0.4, -0.2) is 9.97 Å². The minimum absolute atomic E-state index is 0.701. The Balaban J connectivity index is 1.20. The maximum absolute atomic E-state index is 5.39. The fourth-order valence-electron chi connectivity index (χ4n) is 8.42. The van der Waals surface area contributed by atoms with Crippen LogP contribution in [0, 0.1) is 0 Å². The Labute approximate surface area is 313 Å². The molecule has 0 saturated carbocycles. The Morgan fingerprint density at radius 2 is 0.852 bits per heavy atom. The molecule has 0 saturated heterocycles. The van der Waals surface area contributed by atoms with E-state index in [-0.39, 0.29) is 0 Å². The molecular weight excluding hydrogens is 653 g/mol. The molecule has 2 nitrogen and oxygen atoms in total. The van der Waals surface area contributed by atoms with Crippen LogP contribution in [0.2, 0.25) is 0 Å². The van der Waals surface area contributed by atoms with Crippen LogP contribution in [0.5, 0.6) is 0 Å². The average molecular weight is 685 g/mol. The van der Waals surface area contributed by atoms with Crippen molar-refractivity contribution in [1.82, 2.24) is 9.97 Å². The maximum Gasteiger partial charge on any atom is 0.160 e. The second-order valence-electron chi connectivity index (χ2n) is 14.2. The van der Waals surface area contributed by atoms with Gasteiger partial charge in [-0.25, -0.2) is 9.97 Å². The Kier molecular flexibility index (Phi) is 6.90. The van der Waals surface area contributed by atoms with Gasteiger partial charge in [0.1, 0.15) is 0 Å². The second kappa shape index (κ2) is 12.2. The first kappa shape index (κ1) is 30.5. The molecule has 1 heterocycles. The highest BCUT2D eigenvalue weighted by molar-refractivity contribution is 6.25. The topological polar surface area (TPSA) is 25.8 Å². The lowest BCUT2D eigenvalue weighted by molar-refractivity contribution is 1.23. The summed E-state index contributed by atoms with van der Waals surface area (Å²) in [5.41, 5.74) is 10.8. The molecule has 0 aliphatic rings. The zero-order valence-corrected chi connectivity index (χ0v) is 29.4. The average Bonchev–Trinajstić information content (AvgIpc) is 3.25. The fraction of sp³-hybridized carbons (Fsp3) is 0. The van der Waals surface area contributed by atoms with Crippen molar-refractivity contribution >= 4 is 54.0 Å². The molecule has 11 aromatic rings. The summed E-state index contributed by atoms with van der Waals surface area (Å²) in [4.78, 5) is 10.8. The maximum atomic E-state index is 5.39. The predicted octanol–water partition coefficient (Wildman–Crippen LogP) is 14.0. The first-order chi connectivity index (χ1) is 26.7. The van der Waals surface area contributed by atoms with Crippen molar-refractivity contribution in [3.05, 3.63) is 194 Å². The van der Waals surface area contributed by atoms with E-state index in [1.807, 2.05) is 0 Å². The van der Waals surface area contributed by atoms with Gasteiger partial charge in [0.2, 0.25) is 0 Å². The first-order valence-electron chi connectivity index (χ1n) is 18.5. The van der Waals surface area contributed by atoms with E-state index in [0.29, 0.717) is 5.82 Å². The van der Waals surface area contributed by atoms with Gasteiger partial charge in [-0.3, -0.25) is 0 Å². The van der Waals surface area contributed by atoms with Gasteiger partial charge in [-0.15, -0.1) is 0 Å². The molecule has 54 heavy (non-hydrogen) atoms. The summed E-state index contributed by atoms with van der Waals surface area (Å²) in [5, 5.41) is 11.1. The highest BCUT2D eigenvalue weighted by Crippen LogP contribution is 2.42. The van der Waals surface area contributed by atoms with Crippen molar-refractivity contribution in [1.29, 1.82) is 0 Å². The summed E-state index contributed by atoms with van der Waals surface area (Å²) in [7, 11) is 0. The first-order valence-corrected chi connectivity index (χ1v) is 18.5. The quantitative estimate of drug-likeness (QED) is 0.169.